The molecule has 3 fully saturated rings. The first-order valence-corrected chi connectivity index (χ1v) is 16.1. The Hall–Kier alpha value is -2.85. The Morgan fingerprint density at radius 1 is 1.05 bits per heavy atom. The summed E-state index contributed by atoms with van der Waals surface area (Å²) in [6.45, 7) is 1.53. The van der Waals surface area contributed by atoms with Crippen LogP contribution >= 0.6 is 39.3 Å². The Balaban J connectivity index is 1.41. The highest BCUT2D eigenvalue weighted by atomic mass is 79.9. The zero-order chi connectivity index (χ0) is 29.6. The van der Waals surface area contributed by atoms with Gasteiger partial charge in [0, 0.05) is 15.8 Å². The van der Waals surface area contributed by atoms with Gasteiger partial charge in [0.05, 0.1) is 39.9 Å². The molecule has 3 heterocycles. The second-order valence-electron chi connectivity index (χ2n) is 11.2. The van der Waals surface area contributed by atoms with Crippen LogP contribution in [0.25, 0.3) is 0 Å². The molecule has 1 spiro atoms. The van der Waals surface area contributed by atoms with Crippen LogP contribution in [0.15, 0.2) is 78.9 Å². The van der Waals surface area contributed by atoms with Gasteiger partial charge in [-0.1, -0.05) is 88.2 Å². The van der Waals surface area contributed by atoms with Crippen LogP contribution in [-0.4, -0.2) is 61.2 Å². The van der Waals surface area contributed by atoms with Crippen molar-refractivity contribution in [2.45, 2.75) is 46.7 Å². The monoisotopic (exact) mass is 667 g/mol. The third-order valence-electron chi connectivity index (χ3n) is 8.71. The topological polar surface area (TPSA) is 98.7 Å². The fraction of sp³-hybridized carbons (Fsp3) is 0.344. The summed E-state index contributed by atoms with van der Waals surface area (Å²) in [5.74, 6) is -2.26. The normalized spacial score (nSPS) is 28.4. The van der Waals surface area contributed by atoms with E-state index in [0.29, 0.717) is 29.2 Å². The number of benzene rings is 3. The van der Waals surface area contributed by atoms with Crippen LogP contribution < -0.4 is 10.6 Å². The van der Waals surface area contributed by atoms with Crippen LogP contribution in [0.4, 0.5) is 11.4 Å². The van der Waals surface area contributed by atoms with Gasteiger partial charge in [-0.15, -0.1) is 11.8 Å². The molecular formula is C32H31BrClN3O4S. The van der Waals surface area contributed by atoms with Crippen molar-refractivity contribution < 1.29 is 19.5 Å². The number of carbonyl (C=O) groups is 3. The summed E-state index contributed by atoms with van der Waals surface area (Å²) in [5.41, 5.74) is 2.88. The van der Waals surface area contributed by atoms with Crippen molar-refractivity contribution in [1.82, 2.24) is 4.90 Å². The van der Waals surface area contributed by atoms with Gasteiger partial charge in [0.2, 0.25) is 17.7 Å². The van der Waals surface area contributed by atoms with E-state index in [-0.39, 0.29) is 34.4 Å². The van der Waals surface area contributed by atoms with Crippen molar-refractivity contribution in [2.75, 3.05) is 17.2 Å². The number of rotatable bonds is 8. The van der Waals surface area contributed by atoms with Crippen molar-refractivity contribution >= 4 is 68.4 Å². The highest BCUT2D eigenvalue weighted by molar-refractivity contribution is 9.09. The summed E-state index contributed by atoms with van der Waals surface area (Å²) in [4.78, 5) is 44.2. The number of aryl methyl sites for hydroxylation is 1. The van der Waals surface area contributed by atoms with E-state index in [1.807, 2.05) is 79.7 Å². The number of aliphatic hydroxyl groups excluding tert-OH is 1. The molecule has 0 aromatic heterocycles. The third kappa shape index (κ3) is 4.94. The maximum atomic E-state index is 14.5. The number of hydrogen-bond donors (Lipinski definition) is 3. The predicted octanol–water partition coefficient (Wildman–Crippen LogP) is 5.29. The van der Waals surface area contributed by atoms with Gasteiger partial charge in [0.25, 0.3) is 0 Å². The number of aliphatic hydroxyl groups is 1. The number of hydrogen-bond acceptors (Lipinski definition) is 5. The van der Waals surface area contributed by atoms with Crippen molar-refractivity contribution in [2.24, 2.45) is 11.8 Å². The molecule has 3 aliphatic rings. The fourth-order valence-electron chi connectivity index (χ4n) is 6.93. The molecule has 0 saturated carbocycles. The average Bonchev–Trinajstić information content (AvgIpc) is 3.58. The molecule has 218 valence electrons. The lowest BCUT2D eigenvalue weighted by molar-refractivity contribution is -0.141. The highest BCUT2D eigenvalue weighted by Crippen LogP contribution is 2.68. The molecule has 3 amide bonds. The lowest BCUT2D eigenvalue weighted by Gasteiger charge is -2.37. The Kier molecular flexibility index (Phi) is 8.13. The summed E-state index contributed by atoms with van der Waals surface area (Å²) >= 11 is 11.9. The van der Waals surface area contributed by atoms with Gasteiger partial charge in [-0.25, -0.2) is 0 Å². The number of amides is 3. The first kappa shape index (κ1) is 29.2. The summed E-state index contributed by atoms with van der Waals surface area (Å²) in [6.07, 6.45) is 0.904. The zero-order valence-corrected chi connectivity index (χ0v) is 26.0. The predicted molar refractivity (Wildman–Crippen MR) is 170 cm³/mol. The van der Waals surface area contributed by atoms with Gasteiger partial charge in [0.1, 0.15) is 6.04 Å². The van der Waals surface area contributed by atoms with Crippen LogP contribution in [-0.2, 0) is 20.8 Å². The number of thioether (sulfide) groups is 1. The maximum absolute atomic E-state index is 14.5. The second-order valence-corrected chi connectivity index (χ2v) is 14.3. The summed E-state index contributed by atoms with van der Waals surface area (Å²) in [5, 5.41) is 16.9. The van der Waals surface area contributed by atoms with Crippen LogP contribution in [0.1, 0.15) is 17.5 Å². The zero-order valence-electron chi connectivity index (χ0n) is 22.9. The van der Waals surface area contributed by atoms with Gasteiger partial charge in [-0.05, 0) is 49.1 Å². The Morgan fingerprint density at radius 2 is 1.74 bits per heavy atom. The first-order chi connectivity index (χ1) is 20.2. The van der Waals surface area contributed by atoms with Crippen molar-refractivity contribution in [3.63, 3.8) is 0 Å². The minimum atomic E-state index is -0.920. The molecule has 2 bridgehead atoms. The lowest BCUT2D eigenvalue weighted by atomic mass is 9.70. The van der Waals surface area contributed by atoms with Crippen molar-refractivity contribution in [3.8, 4) is 0 Å². The number of likely N-dealkylation sites (tertiary alicyclic amines) is 1. The van der Waals surface area contributed by atoms with Crippen molar-refractivity contribution in [1.29, 1.82) is 0 Å². The van der Waals surface area contributed by atoms with Crippen molar-refractivity contribution in [3.05, 3.63) is 95.0 Å². The van der Waals surface area contributed by atoms with Gasteiger partial charge in [0.15, 0.2) is 0 Å². The number of nitrogens with one attached hydrogen (secondary N) is 2. The van der Waals surface area contributed by atoms with Gasteiger partial charge in [-0.3, -0.25) is 14.4 Å². The fourth-order valence-corrected chi connectivity index (χ4v) is 10.8. The molecule has 3 saturated heterocycles. The highest BCUT2D eigenvalue weighted by Gasteiger charge is 2.76. The molecule has 3 N–H and O–H groups in total. The Morgan fingerprint density at radius 3 is 2.40 bits per heavy atom. The molecule has 3 unspecified atom stereocenters. The molecule has 0 radical (unpaired) electrons. The molecule has 3 aliphatic heterocycles. The molecule has 42 heavy (non-hydrogen) atoms. The maximum Gasteiger partial charge on any atom is 0.248 e. The van der Waals surface area contributed by atoms with E-state index in [0.717, 1.165) is 11.1 Å². The number of carbonyl (C=O) groups excluding carboxylic acids is 3. The number of nitrogens with zero attached hydrogens (tertiary/aromatic N) is 1. The minimum absolute atomic E-state index is 0.0722. The smallest absolute Gasteiger partial charge is 0.248 e. The number of anilines is 2. The SMILES string of the molecule is Cc1cccc(Cl)c1NC(=O)C1N([C@@H](CO)Cc2ccccc2)C(=O)[C@@H]2[C@H](C(=O)Nc3ccccc3)[C@H]3SC12CC3Br. The van der Waals surface area contributed by atoms with E-state index in [9.17, 15) is 19.5 Å². The van der Waals surface area contributed by atoms with E-state index < -0.39 is 28.7 Å². The van der Waals surface area contributed by atoms with E-state index in [1.165, 1.54) is 0 Å². The minimum Gasteiger partial charge on any atom is -0.394 e. The largest absolute Gasteiger partial charge is 0.394 e. The van der Waals surface area contributed by atoms with E-state index in [1.54, 1.807) is 22.7 Å². The number of halogens is 2. The van der Waals surface area contributed by atoms with E-state index >= 15 is 0 Å². The van der Waals surface area contributed by atoms with Crippen LogP contribution in [0.5, 0.6) is 0 Å². The molecule has 6 rings (SSSR count). The molecule has 3 aromatic carbocycles. The summed E-state index contributed by atoms with van der Waals surface area (Å²) in [7, 11) is 0. The summed E-state index contributed by atoms with van der Waals surface area (Å²) < 4.78 is -0.863. The number of para-hydroxylation sites is 2. The molecule has 7 nitrogen and oxygen atoms in total. The summed E-state index contributed by atoms with van der Waals surface area (Å²) in [6, 6.07) is 22.6. The van der Waals surface area contributed by atoms with Gasteiger partial charge < -0.3 is 20.6 Å². The third-order valence-corrected chi connectivity index (χ3v) is 12.2. The first-order valence-electron chi connectivity index (χ1n) is 14.0. The number of fused-ring (bicyclic) bond motifs is 1. The molecule has 3 aromatic rings. The quantitative estimate of drug-likeness (QED) is 0.284. The second kappa shape index (κ2) is 11.7. The van der Waals surface area contributed by atoms with Crippen LogP contribution in [0.2, 0.25) is 5.02 Å². The molecular weight excluding hydrogens is 638 g/mol. The van der Waals surface area contributed by atoms with Crippen LogP contribution in [0.3, 0.4) is 0 Å². The molecule has 7 atom stereocenters. The standard InChI is InChI=1S/C32H31BrClN3O4S/c1-18-9-8-14-23(34)26(18)36-30(40)28-32-16-22(33)27(42-32)24(29(39)35-20-12-6-3-7-13-20)25(32)31(41)37(28)21(17-38)15-19-10-4-2-5-11-19/h2-14,21-22,24-25,27-28,38H,15-17H2,1H3,(H,35,39)(H,36,40)/t21-,22?,24+,25+,27+,28?,32?/m1/s1. The molecule has 10 heteroatoms. The van der Waals surface area contributed by atoms with E-state index in [2.05, 4.69) is 26.6 Å². The Bertz CT molecular complexity index is 1490. The molecule has 0 aliphatic carbocycles. The Labute approximate surface area is 262 Å². The van der Waals surface area contributed by atoms with Gasteiger partial charge >= 0.3 is 0 Å². The lowest BCUT2D eigenvalue weighted by Crippen LogP contribution is -2.55. The van der Waals surface area contributed by atoms with Gasteiger partial charge in [-0.2, -0.15) is 0 Å². The average molecular weight is 669 g/mol. The van der Waals surface area contributed by atoms with Crippen LogP contribution in [0, 0.1) is 18.8 Å². The number of alkyl halides is 1. The van der Waals surface area contributed by atoms with E-state index in [4.69, 9.17) is 11.6 Å².